The maximum atomic E-state index is 11.9. The molecule has 0 heterocycles. The molecule has 0 atom stereocenters. The molecular formula is C22H20N2O4. The molecular weight excluding hydrogens is 356 g/mol. The zero-order valence-electron chi connectivity index (χ0n) is 15.3. The number of phenolic OH excluding ortho intramolecular Hbond substituents is 2. The number of benzene rings is 3. The van der Waals surface area contributed by atoms with Gasteiger partial charge in [-0.05, 0) is 41.8 Å². The van der Waals surface area contributed by atoms with E-state index in [-0.39, 0.29) is 18.1 Å². The van der Waals surface area contributed by atoms with E-state index in [4.69, 9.17) is 4.74 Å². The highest BCUT2D eigenvalue weighted by molar-refractivity contribution is 5.87. The molecule has 0 aliphatic rings. The zero-order chi connectivity index (χ0) is 19.9. The summed E-state index contributed by atoms with van der Waals surface area (Å²) in [5.41, 5.74) is 5.55. The molecule has 0 aliphatic heterocycles. The summed E-state index contributed by atoms with van der Waals surface area (Å²) in [7, 11) is 0. The van der Waals surface area contributed by atoms with Gasteiger partial charge in [0.1, 0.15) is 17.2 Å². The molecule has 6 heteroatoms. The molecule has 1 amide bonds. The van der Waals surface area contributed by atoms with Gasteiger partial charge in [-0.25, -0.2) is 5.43 Å². The number of carbonyl (C=O) groups is 1. The molecule has 3 rings (SSSR count). The minimum Gasteiger partial charge on any atom is -0.508 e. The van der Waals surface area contributed by atoms with Crippen LogP contribution in [0.4, 0.5) is 0 Å². The Balaban J connectivity index is 1.52. The first kappa shape index (κ1) is 19.0. The van der Waals surface area contributed by atoms with Gasteiger partial charge in [-0.1, -0.05) is 42.5 Å². The van der Waals surface area contributed by atoms with Gasteiger partial charge in [-0.2, -0.15) is 5.10 Å². The van der Waals surface area contributed by atoms with Gasteiger partial charge >= 0.3 is 0 Å². The molecule has 0 spiro atoms. The Hall–Kier alpha value is -3.80. The van der Waals surface area contributed by atoms with Crippen molar-refractivity contribution in [2.45, 2.75) is 6.92 Å². The number of hydrogen-bond donors (Lipinski definition) is 3. The predicted octanol–water partition coefficient (Wildman–Crippen LogP) is 3.60. The fourth-order valence-electron chi connectivity index (χ4n) is 2.65. The highest BCUT2D eigenvalue weighted by Gasteiger charge is 2.06. The highest BCUT2D eigenvalue weighted by atomic mass is 16.5. The van der Waals surface area contributed by atoms with Crippen LogP contribution in [0.3, 0.4) is 0 Å². The number of amides is 1. The van der Waals surface area contributed by atoms with E-state index in [0.29, 0.717) is 16.9 Å². The molecule has 0 aromatic heterocycles. The summed E-state index contributed by atoms with van der Waals surface area (Å²) in [5.74, 6) is -0.0155. The first-order chi connectivity index (χ1) is 13.5. The summed E-state index contributed by atoms with van der Waals surface area (Å²) in [5, 5.41) is 23.0. The average Bonchev–Trinajstić information content (AvgIpc) is 2.69. The maximum Gasteiger partial charge on any atom is 0.277 e. The van der Waals surface area contributed by atoms with Crippen LogP contribution in [0.25, 0.3) is 11.1 Å². The lowest BCUT2D eigenvalue weighted by Crippen LogP contribution is -2.24. The molecule has 0 unspecified atom stereocenters. The van der Waals surface area contributed by atoms with Crippen molar-refractivity contribution in [1.29, 1.82) is 0 Å². The van der Waals surface area contributed by atoms with Crippen molar-refractivity contribution in [2.24, 2.45) is 5.10 Å². The number of aromatic hydroxyl groups is 2. The number of hydrazone groups is 1. The van der Waals surface area contributed by atoms with Crippen LogP contribution < -0.4 is 10.2 Å². The number of hydrogen-bond acceptors (Lipinski definition) is 5. The average molecular weight is 376 g/mol. The Bertz CT molecular complexity index is 960. The zero-order valence-corrected chi connectivity index (χ0v) is 15.3. The number of ether oxygens (including phenoxy) is 1. The van der Waals surface area contributed by atoms with E-state index in [2.05, 4.69) is 10.5 Å². The lowest BCUT2D eigenvalue weighted by molar-refractivity contribution is -0.123. The van der Waals surface area contributed by atoms with Crippen LogP contribution in [0.5, 0.6) is 17.2 Å². The molecule has 3 N–H and O–H groups in total. The number of carbonyl (C=O) groups excluding carboxylic acids is 1. The Labute approximate surface area is 162 Å². The quantitative estimate of drug-likeness (QED) is 0.453. The van der Waals surface area contributed by atoms with E-state index < -0.39 is 5.91 Å². The second-order valence-electron chi connectivity index (χ2n) is 6.17. The molecule has 0 aliphatic carbocycles. The van der Waals surface area contributed by atoms with Gasteiger partial charge < -0.3 is 14.9 Å². The molecule has 0 bridgehead atoms. The number of nitrogens with zero attached hydrogens (tertiary/aromatic N) is 1. The summed E-state index contributed by atoms with van der Waals surface area (Å²) in [4.78, 5) is 11.9. The van der Waals surface area contributed by atoms with Crippen LogP contribution in [-0.4, -0.2) is 28.9 Å². The van der Waals surface area contributed by atoms with Crippen molar-refractivity contribution < 1.29 is 19.7 Å². The smallest absolute Gasteiger partial charge is 0.277 e. The summed E-state index contributed by atoms with van der Waals surface area (Å²) in [6.45, 7) is 1.52. The second-order valence-corrected chi connectivity index (χ2v) is 6.17. The number of rotatable bonds is 6. The number of aryl methyl sites for hydroxylation is 1. The minimum atomic E-state index is -0.431. The van der Waals surface area contributed by atoms with Crippen molar-refractivity contribution >= 4 is 12.1 Å². The summed E-state index contributed by atoms with van der Waals surface area (Å²) >= 11 is 0. The fraction of sp³-hybridized carbons (Fsp3) is 0.0909. The molecule has 142 valence electrons. The Kier molecular flexibility index (Phi) is 5.91. The van der Waals surface area contributed by atoms with Crippen LogP contribution in [0.15, 0.2) is 71.8 Å². The molecule has 28 heavy (non-hydrogen) atoms. The molecule has 3 aromatic carbocycles. The minimum absolute atomic E-state index is 0.0390. The van der Waals surface area contributed by atoms with Crippen LogP contribution >= 0.6 is 0 Å². The second kappa shape index (κ2) is 8.73. The fourth-order valence-corrected chi connectivity index (χ4v) is 2.65. The SMILES string of the molecule is Cc1cc(O)cc(O)c1/C=N\NC(=O)COc1ccc(-c2ccccc2)cc1. The van der Waals surface area contributed by atoms with E-state index in [9.17, 15) is 15.0 Å². The lowest BCUT2D eigenvalue weighted by atomic mass is 10.1. The van der Waals surface area contributed by atoms with Crippen LogP contribution in [0.1, 0.15) is 11.1 Å². The first-order valence-corrected chi connectivity index (χ1v) is 8.65. The number of nitrogens with one attached hydrogen (secondary N) is 1. The lowest BCUT2D eigenvalue weighted by Gasteiger charge is -2.07. The predicted molar refractivity (Wildman–Crippen MR) is 108 cm³/mol. The monoisotopic (exact) mass is 376 g/mol. The van der Waals surface area contributed by atoms with E-state index in [1.807, 2.05) is 42.5 Å². The van der Waals surface area contributed by atoms with E-state index in [0.717, 1.165) is 11.1 Å². The van der Waals surface area contributed by atoms with Gasteiger partial charge in [0.05, 0.1) is 6.21 Å². The van der Waals surface area contributed by atoms with Crippen LogP contribution in [0.2, 0.25) is 0 Å². The first-order valence-electron chi connectivity index (χ1n) is 8.65. The van der Waals surface area contributed by atoms with Crippen molar-refractivity contribution in [1.82, 2.24) is 5.43 Å². The van der Waals surface area contributed by atoms with Crippen molar-refractivity contribution in [3.63, 3.8) is 0 Å². The standard InChI is InChI=1S/C22H20N2O4/c1-15-11-18(25)12-21(26)20(15)13-23-24-22(27)14-28-19-9-7-17(8-10-19)16-5-3-2-4-6-16/h2-13,25-26H,14H2,1H3,(H,24,27)/b23-13-. The largest absolute Gasteiger partial charge is 0.508 e. The molecule has 0 fully saturated rings. The van der Waals surface area contributed by atoms with Gasteiger partial charge in [0.25, 0.3) is 5.91 Å². The molecule has 3 aromatic rings. The highest BCUT2D eigenvalue weighted by Crippen LogP contribution is 2.25. The van der Waals surface area contributed by atoms with Gasteiger partial charge in [0, 0.05) is 11.6 Å². The van der Waals surface area contributed by atoms with E-state index >= 15 is 0 Å². The van der Waals surface area contributed by atoms with E-state index in [1.165, 1.54) is 18.3 Å². The summed E-state index contributed by atoms with van der Waals surface area (Å²) < 4.78 is 5.46. The maximum absolute atomic E-state index is 11.9. The van der Waals surface area contributed by atoms with Gasteiger partial charge in [0.15, 0.2) is 6.61 Å². The van der Waals surface area contributed by atoms with Crippen molar-refractivity contribution in [3.05, 3.63) is 77.9 Å². The summed E-state index contributed by atoms with van der Waals surface area (Å²) in [6.07, 6.45) is 1.32. The van der Waals surface area contributed by atoms with Gasteiger partial charge in [-0.15, -0.1) is 0 Å². The van der Waals surface area contributed by atoms with Crippen LogP contribution in [0, 0.1) is 6.92 Å². The summed E-state index contributed by atoms with van der Waals surface area (Å²) in [6, 6.07) is 20.1. The topological polar surface area (TPSA) is 91.1 Å². The van der Waals surface area contributed by atoms with E-state index in [1.54, 1.807) is 19.1 Å². The van der Waals surface area contributed by atoms with Gasteiger partial charge in [0.2, 0.25) is 0 Å². The van der Waals surface area contributed by atoms with Crippen LogP contribution in [-0.2, 0) is 4.79 Å². The van der Waals surface area contributed by atoms with Gasteiger partial charge in [-0.3, -0.25) is 4.79 Å². The Morgan fingerprint density at radius 1 is 1.04 bits per heavy atom. The van der Waals surface area contributed by atoms with Crippen molar-refractivity contribution in [2.75, 3.05) is 6.61 Å². The Morgan fingerprint density at radius 3 is 2.39 bits per heavy atom. The Morgan fingerprint density at radius 2 is 1.71 bits per heavy atom. The van der Waals surface area contributed by atoms with Crippen molar-refractivity contribution in [3.8, 4) is 28.4 Å². The normalized spacial score (nSPS) is 10.8. The molecule has 0 saturated heterocycles. The third-order valence-electron chi connectivity index (χ3n) is 4.06. The molecule has 6 nitrogen and oxygen atoms in total. The molecule has 0 saturated carbocycles. The number of phenols is 2. The third-order valence-corrected chi connectivity index (χ3v) is 4.06. The third kappa shape index (κ3) is 4.88. The molecule has 0 radical (unpaired) electrons.